The molecule has 0 aliphatic carbocycles. The Bertz CT molecular complexity index is 475. The predicted molar refractivity (Wildman–Crippen MR) is 73.4 cm³/mol. The molecule has 0 aromatic carbocycles. The Labute approximate surface area is 113 Å². The largest absolute Gasteiger partial charge is 0.461 e. The molecular weight excluding hydrogens is 244 g/mol. The van der Waals surface area contributed by atoms with Crippen LogP contribution in [0.25, 0.3) is 0 Å². The van der Waals surface area contributed by atoms with E-state index >= 15 is 0 Å². The summed E-state index contributed by atoms with van der Waals surface area (Å²) in [7, 11) is 0. The monoisotopic (exact) mass is 266 g/mol. The van der Waals surface area contributed by atoms with Gasteiger partial charge in [0, 0.05) is 12.2 Å². The maximum Gasteiger partial charge on any atom is 0.355 e. The van der Waals surface area contributed by atoms with Crippen LogP contribution in [0.4, 0.5) is 0 Å². The molecule has 5 nitrogen and oxygen atoms in total. The van der Waals surface area contributed by atoms with E-state index < -0.39 is 5.97 Å². The minimum absolute atomic E-state index is 0.157. The summed E-state index contributed by atoms with van der Waals surface area (Å²) in [6, 6.07) is 0. The average Bonchev–Trinajstić information content (AvgIpc) is 2.62. The molecule has 19 heavy (non-hydrogen) atoms. The molecule has 0 saturated heterocycles. The summed E-state index contributed by atoms with van der Waals surface area (Å²) in [5.74, 6) is -0.200. The first-order chi connectivity index (χ1) is 8.88. The second-order valence-electron chi connectivity index (χ2n) is 4.95. The van der Waals surface area contributed by atoms with Crippen LogP contribution in [-0.2, 0) is 4.74 Å². The number of nitrogens with one attached hydrogen (secondary N) is 2. The summed E-state index contributed by atoms with van der Waals surface area (Å²) in [5.41, 5.74) is 2.21. The number of aromatic amines is 1. The van der Waals surface area contributed by atoms with Gasteiger partial charge in [-0.1, -0.05) is 13.8 Å². The number of ether oxygens (including phenoxy) is 1. The van der Waals surface area contributed by atoms with Crippen molar-refractivity contribution in [2.24, 2.45) is 5.92 Å². The van der Waals surface area contributed by atoms with Gasteiger partial charge < -0.3 is 15.0 Å². The quantitative estimate of drug-likeness (QED) is 0.802. The van der Waals surface area contributed by atoms with Crippen LogP contribution in [0.2, 0.25) is 0 Å². The van der Waals surface area contributed by atoms with Crippen molar-refractivity contribution in [1.29, 1.82) is 0 Å². The highest BCUT2D eigenvalue weighted by atomic mass is 16.5. The number of carbonyl (C=O) groups excluding carboxylic acids is 2. The minimum atomic E-state index is -0.425. The molecule has 0 saturated carbocycles. The normalized spacial score (nSPS) is 10.6. The fourth-order valence-electron chi connectivity index (χ4n) is 1.88. The van der Waals surface area contributed by atoms with E-state index in [0.717, 1.165) is 0 Å². The molecule has 1 amide bonds. The van der Waals surface area contributed by atoms with E-state index in [2.05, 4.69) is 10.3 Å². The van der Waals surface area contributed by atoms with E-state index in [1.54, 1.807) is 20.8 Å². The standard InChI is InChI=1S/C14H22N2O3/c1-6-19-14(18)12-9(4)11(10(5)16-12)13(17)15-7-8(2)3/h8,16H,6-7H2,1-5H3,(H,15,17). The van der Waals surface area contributed by atoms with Crippen LogP contribution in [0.5, 0.6) is 0 Å². The molecular formula is C14H22N2O3. The number of carbonyl (C=O) groups is 2. The van der Waals surface area contributed by atoms with Gasteiger partial charge in [0.1, 0.15) is 5.69 Å². The Morgan fingerprint density at radius 3 is 2.47 bits per heavy atom. The fourth-order valence-corrected chi connectivity index (χ4v) is 1.88. The first kappa shape index (κ1) is 15.3. The second kappa shape index (κ2) is 6.41. The van der Waals surface area contributed by atoms with Crippen LogP contribution in [-0.4, -0.2) is 30.0 Å². The molecule has 0 atom stereocenters. The Morgan fingerprint density at radius 1 is 1.32 bits per heavy atom. The lowest BCUT2D eigenvalue weighted by Crippen LogP contribution is -2.28. The topological polar surface area (TPSA) is 71.2 Å². The maximum absolute atomic E-state index is 12.1. The number of hydrogen-bond donors (Lipinski definition) is 2. The van der Waals surface area contributed by atoms with Crippen LogP contribution in [0.3, 0.4) is 0 Å². The van der Waals surface area contributed by atoms with Crippen molar-refractivity contribution in [2.75, 3.05) is 13.2 Å². The number of H-pyrrole nitrogens is 1. The van der Waals surface area contributed by atoms with Gasteiger partial charge in [-0.3, -0.25) is 4.79 Å². The number of aryl methyl sites for hydroxylation is 1. The van der Waals surface area contributed by atoms with Gasteiger partial charge in [0.15, 0.2) is 0 Å². The van der Waals surface area contributed by atoms with E-state index in [-0.39, 0.29) is 5.91 Å². The van der Waals surface area contributed by atoms with Crippen molar-refractivity contribution >= 4 is 11.9 Å². The highest BCUT2D eigenvalue weighted by molar-refractivity contribution is 6.01. The van der Waals surface area contributed by atoms with Crippen LogP contribution in [0.15, 0.2) is 0 Å². The zero-order chi connectivity index (χ0) is 14.6. The summed E-state index contributed by atoms with van der Waals surface area (Å²) >= 11 is 0. The van der Waals surface area contributed by atoms with Crippen LogP contribution < -0.4 is 5.32 Å². The van der Waals surface area contributed by atoms with Crippen molar-refractivity contribution in [3.8, 4) is 0 Å². The number of amides is 1. The molecule has 0 radical (unpaired) electrons. The first-order valence-corrected chi connectivity index (χ1v) is 6.52. The van der Waals surface area contributed by atoms with Gasteiger partial charge in [0.05, 0.1) is 12.2 Å². The lowest BCUT2D eigenvalue weighted by Gasteiger charge is -2.08. The Kier molecular flexibility index (Phi) is 5.15. The second-order valence-corrected chi connectivity index (χ2v) is 4.95. The first-order valence-electron chi connectivity index (χ1n) is 6.52. The lowest BCUT2D eigenvalue weighted by molar-refractivity contribution is 0.0519. The van der Waals surface area contributed by atoms with E-state index in [9.17, 15) is 9.59 Å². The van der Waals surface area contributed by atoms with Gasteiger partial charge in [-0.25, -0.2) is 4.79 Å². The molecule has 0 unspecified atom stereocenters. The van der Waals surface area contributed by atoms with Gasteiger partial charge >= 0.3 is 5.97 Å². The van der Waals surface area contributed by atoms with E-state index in [4.69, 9.17) is 4.74 Å². The molecule has 2 N–H and O–H groups in total. The molecule has 1 aromatic heterocycles. The molecule has 1 rings (SSSR count). The third-order valence-corrected chi connectivity index (χ3v) is 2.81. The Balaban J connectivity index is 2.96. The van der Waals surface area contributed by atoms with E-state index in [1.807, 2.05) is 13.8 Å². The number of aromatic nitrogens is 1. The third kappa shape index (κ3) is 3.59. The smallest absolute Gasteiger partial charge is 0.355 e. The van der Waals surface area contributed by atoms with Gasteiger partial charge in [-0.05, 0) is 32.3 Å². The number of hydrogen-bond acceptors (Lipinski definition) is 3. The summed E-state index contributed by atoms with van der Waals surface area (Å²) in [4.78, 5) is 26.8. The van der Waals surface area contributed by atoms with Crippen molar-refractivity contribution in [3.05, 3.63) is 22.5 Å². The lowest BCUT2D eigenvalue weighted by atomic mass is 10.1. The maximum atomic E-state index is 12.1. The van der Waals surface area contributed by atoms with Gasteiger partial charge in [0.2, 0.25) is 0 Å². The summed E-state index contributed by atoms with van der Waals surface area (Å²) < 4.78 is 4.95. The highest BCUT2D eigenvalue weighted by Crippen LogP contribution is 2.18. The predicted octanol–water partition coefficient (Wildman–Crippen LogP) is 2.19. The van der Waals surface area contributed by atoms with Gasteiger partial charge in [-0.2, -0.15) is 0 Å². The zero-order valence-corrected chi connectivity index (χ0v) is 12.2. The number of esters is 1. The summed E-state index contributed by atoms with van der Waals surface area (Å²) in [6.45, 7) is 10.3. The minimum Gasteiger partial charge on any atom is -0.461 e. The fraction of sp³-hybridized carbons (Fsp3) is 0.571. The van der Waals surface area contributed by atoms with Crippen molar-refractivity contribution in [3.63, 3.8) is 0 Å². The SMILES string of the molecule is CCOC(=O)c1[nH]c(C)c(C(=O)NCC(C)C)c1C. The Morgan fingerprint density at radius 2 is 1.95 bits per heavy atom. The summed E-state index contributed by atoms with van der Waals surface area (Å²) in [5, 5.41) is 2.85. The zero-order valence-electron chi connectivity index (χ0n) is 12.2. The molecule has 106 valence electrons. The Hall–Kier alpha value is -1.78. The van der Waals surface area contributed by atoms with Crippen molar-refractivity contribution in [2.45, 2.75) is 34.6 Å². The molecule has 0 spiro atoms. The van der Waals surface area contributed by atoms with Crippen LogP contribution in [0.1, 0.15) is 52.9 Å². The third-order valence-electron chi connectivity index (χ3n) is 2.81. The van der Waals surface area contributed by atoms with E-state index in [0.29, 0.717) is 41.6 Å². The highest BCUT2D eigenvalue weighted by Gasteiger charge is 2.22. The van der Waals surface area contributed by atoms with Gasteiger partial charge in [0.25, 0.3) is 5.91 Å². The average molecular weight is 266 g/mol. The molecule has 0 aliphatic rings. The van der Waals surface area contributed by atoms with Gasteiger partial charge in [-0.15, -0.1) is 0 Å². The van der Waals surface area contributed by atoms with Crippen molar-refractivity contribution < 1.29 is 14.3 Å². The molecule has 0 aliphatic heterocycles. The molecule has 0 bridgehead atoms. The molecule has 1 heterocycles. The summed E-state index contributed by atoms with van der Waals surface area (Å²) in [6.07, 6.45) is 0. The number of rotatable bonds is 5. The molecule has 0 fully saturated rings. The van der Waals surface area contributed by atoms with Crippen LogP contribution in [0, 0.1) is 19.8 Å². The molecule has 5 heteroatoms. The van der Waals surface area contributed by atoms with E-state index in [1.165, 1.54) is 0 Å². The van der Waals surface area contributed by atoms with Crippen molar-refractivity contribution in [1.82, 2.24) is 10.3 Å². The van der Waals surface area contributed by atoms with Crippen LogP contribution >= 0.6 is 0 Å². The molecule has 1 aromatic rings.